The number of nitrogens with two attached hydrogens (primary N) is 1. The summed E-state index contributed by atoms with van der Waals surface area (Å²) in [6.45, 7) is 5.15. The molecule has 1 aliphatic rings. The molecule has 1 aromatic carbocycles. The van der Waals surface area contributed by atoms with Gasteiger partial charge >= 0.3 is 0 Å². The van der Waals surface area contributed by atoms with Crippen molar-refractivity contribution in [2.45, 2.75) is 38.8 Å². The van der Waals surface area contributed by atoms with E-state index in [1.165, 1.54) is 5.39 Å². The molecule has 1 amide bonds. The van der Waals surface area contributed by atoms with E-state index in [-0.39, 0.29) is 18.0 Å². The first-order chi connectivity index (χ1) is 10.1. The molecule has 1 aliphatic heterocycles. The molecule has 3 N–H and O–H groups in total. The van der Waals surface area contributed by atoms with Gasteiger partial charge in [0.1, 0.15) is 0 Å². The predicted octanol–water partition coefficient (Wildman–Crippen LogP) is 2.81. The molecule has 0 bridgehead atoms. The molecule has 2 unspecified atom stereocenters. The summed E-state index contributed by atoms with van der Waals surface area (Å²) < 4.78 is 0. The van der Waals surface area contributed by atoms with E-state index in [4.69, 9.17) is 5.73 Å². The van der Waals surface area contributed by atoms with Crippen molar-refractivity contribution < 1.29 is 4.79 Å². The van der Waals surface area contributed by atoms with Gasteiger partial charge in [0.15, 0.2) is 0 Å². The highest BCUT2D eigenvalue weighted by atomic mass is 16.2. The third kappa shape index (κ3) is 2.56. The van der Waals surface area contributed by atoms with Crippen molar-refractivity contribution in [3.63, 3.8) is 0 Å². The van der Waals surface area contributed by atoms with E-state index in [0.29, 0.717) is 12.3 Å². The number of carbonyl (C=O) groups is 1. The topological polar surface area (TPSA) is 62.1 Å². The molecule has 1 fully saturated rings. The molecule has 0 radical (unpaired) electrons. The first-order valence-electron chi connectivity index (χ1n) is 7.69. The van der Waals surface area contributed by atoms with Crippen molar-refractivity contribution in [2.75, 3.05) is 6.54 Å². The summed E-state index contributed by atoms with van der Waals surface area (Å²) in [4.78, 5) is 17.5. The lowest BCUT2D eigenvalue weighted by atomic mass is 9.99. The molecular formula is C17H23N3O. The zero-order valence-electron chi connectivity index (χ0n) is 12.7. The standard InChI is InChI=1S/C17H23N3O/c1-11(2)7-8-20-16(21)9-14(18)17(20)13-10-19-15-6-4-3-5-12(13)15/h3-6,10-11,14,17,19H,7-9,18H2,1-2H3. The van der Waals surface area contributed by atoms with Crippen LogP contribution in [0.1, 0.15) is 38.3 Å². The third-order valence-electron chi connectivity index (χ3n) is 4.36. The van der Waals surface area contributed by atoms with Gasteiger partial charge < -0.3 is 15.6 Å². The van der Waals surface area contributed by atoms with Gasteiger partial charge in [-0.3, -0.25) is 4.79 Å². The van der Waals surface area contributed by atoms with Crippen LogP contribution in [-0.4, -0.2) is 28.4 Å². The number of fused-ring (bicyclic) bond motifs is 1. The number of hydrogen-bond acceptors (Lipinski definition) is 2. The van der Waals surface area contributed by atoms with E-state index in [0.717, 1.165) is 24.0 Å². The van der Waals surface area contributed by atoms with Crippen molar-refractivity contribution in [3.05, 3.63) is 36.0 Å². The summed E-state index contributed by atoms with van der Waals surface area (Å²) in [6.07, 6.45) is 3.47. The van der Waals surface area contributed by atoms with E-state index in [2.05, 4.69) is 31.0 Å². The van der Waals surface area contributed by atoms with E-state index >= 15 is 0 Å². The molecule has 4 nitrogen and oxygen atoms in total. The maximum atomic E-state index is 12.3. The molecule has 0 spiro atoms. The van der Waals surface area contributed by atoms with Crippen LogP contribution in [0, 0.1) is 5.92 Å². The van der Waals surface area contributed by atoms with Crippen LogP contribution in [0.4, 0.5) is 0 Å². The highest BCUT2D eigenvalue weighted by Gasteiger charge is 2.39. The largest absolute Gasteiger partial charge is 0.361 e. The van der Waals surface area contributed by atoms with E-state index < -0.39 is 0 Å². The van der Waals surface area contributed by atoms with Crippen LogP contribution in [0.3, 0.4) is 0 Å². The van der Waals surface area contributed by atoms with Crippen molar-refractivity contribution in [1.82, 2.24) is 9.88 Å². The first-order valence-corrected chi connectivity index (χ1v) is 7.69. The lowest BCUT2D eigenvalue weighted by Gasteiger charge is -2.27. The average Bonchev–Trinajstić information content (AvgIpc) is 2.97. The van der Waals surface area contributed by atoms with Gasteiger partial charge in [-0.15, -0.1) is 0 Å². The van der Waals surface area contributed by atoms with Crippen molar-refractivity contribution in [3.8, 4) is 0 Å². The first kappa shape index (κ1) is 14.1. The maximum Gasteiger partial charge on any atom is 0.224 e. The van der Waals surface area contributed by atoms with Gasteiger partial charge in [0, 0.05) is 41.7 Å². The number of benzene rings is 1. The van der Waals surface area contributed by atoms with Gasteiger partial charge in [0.05, 0.1) is 6.04 Å². The number of nitrogens with one attached hydrogen (secondary N) is 1. The zero-order chi connectivity index (χ0) is 15.0. The predicted molar refractivity (Wildman–Crippen MR) is 84.8 cm³/mol. The minimum atomic E-state index is -0.121. The highest BCUT2D eigenvalue weighted by molar-refractivity contribution is 5.86. The van der Waals surface area contributed by atoms with Gasteiger partial charge in [-0.1, -0.05) is 32.0 Å². The Morgan fingerprint density at radius 1 is 1.38 bits per heavy atom. The summed E-state index contributed by atoms with van der Waals surface area (Å²) in [6, 6.07) is 8.06. The number of likely N-dealkylation sites (tertiary alicyclic amines) is 1. The van der Waals surface area contributed by atoms with Crippen molar-refractivity contribution in [2.24, 2.45) is 11.7 Å². The van der Waals surface area contributed by atoms with Crippen LogP contribution in [0.2, 0.25) is 0 Å². The Morgan fingerprint density at radius 3 is 2.90 bits per heavy atom. The third-order valence-corrected chi connectivity index (χ3v) is 4.36. The Hall–Kier alpha value is -1.81. The molecule has 3 rings (SSSR count). The molecular weight excluding hydrogens is 262 g/mol. The van der Waals surface area contributed by atoms with Crippen LogP contribution in [0.15, 0.2) is 30.5 Å². The van der Waals surface area contributed by atoms with Crippen LogP contribution in [-0.2, 0) is 4.79 Å². The lowest BCUT2D eigenvalue weighted by molar-refractivity contribution is -0.129. The van der Waals surface area contributed by atoms with Gasteiger partial charge in [-0.2, -0.15) is 0 Å². The molecule has 2 aromatic rings. The van der Waals surface area contributed by atoms with Crippen LogP contribution >= 0.6 is 0 Å². The molecule has 4 heteroatoms. The maximum absolute atomic E-state index is 12.3. The number of para-hydroxylation sites is 1. The fourth-order valence-electron chi connectivity index (χ4n) is 3.22. The Kier molecular flexibility index (Phi) is 3.72. The van der Waals surface area contributed by atoms with Crippen molar-refractivity contribution >= 4 is 16.8 Å². The van der Waals surface area contributed by atoms with Crippen LogP contribution in [0.5, 0.6) is 0 Å². The molecule has 1 saturated heterocycles. The number of aromatic amines is 1. The Bertz CT molecular complexity index is 646. The molecule has 0 aliphatic carbocycles. The normalized spacial score (nSPS) is 22.7. The molecule has 112 valence electrons. The molecule has 2 heterocycles. The highest BCUT2D eigenvalue weighted by Crippen LogP contribution is 2.36. The van der Waals surface area contributed by atoms with Gasteiger partial charge in [0.25, 0.3) is 0 Å². The number of H-pyrrole nitrogens is 1. The summed E-state index contributed by atoms with van der Waals surface area (Å²) >= 11 is 0. The fourth-order valence-corrected chi connectivity index (χ4v) is 3.22. The van der Waals surface area contributed by atoms with Gasteiger partial charge in [-0.05, 0) is 18.4 Å². The summed E-state index contributed by atoms with van der Waals surface area (Å²) in [5.41, 5.74) is 8.52. The minimum absolute atomic E-state index is 0.00704. The lowest BCUT2D eigenvalue weighted by Crippen LogP contribution is -2.34. The second-order valence-electron chi connectivity index (χ2n) is 6.37. The summed E-state index contributed by atoms with van der Waals surface area (Å²) in [5.74, 6) is 0.761. The Balaban J connectivity index is 1.95. The van der Waals surface area contributed by atoms with E-state index in [1.807, 2.05) is 23.2 Å². The Labute approximate surface area is 125 Å². The van der Waals surface area contributed by atoms with Crippen LogP contribution < -0.4 is 5.73 Å². The van der Waals surface area contributed by atoms with E-state index in [9.17, 15) is 4.79 Å². The van der Waals surface area contributed by atoms with Gasteiger partial charge in [-0.25, -0.2) is 0 Å². The SMILES string of the molecule is CC(C)CCN1C(=O)CC(N)C1c1c[nH]c2ccccc12. The number of nitrogens with zero attached hydrogens (tertiary/aromatic N) is 1. The summed E-state index contributed by atoms with van der Waals surface area (Å²) in [7, 11) is 0. The number of amides is 1. The number of hydrogen-bond donors (Lipinski definition) is 2. The molecule has 21 heavy (non-hydrogen) atoms. The quantitative estimate of drug-likeness (QED) is 0.907. The molecule has 2 atom stereocenters. The summed E-state index contributed by atoms with van der Waals surface area (Å²) in [5, 5.41) is 1.17. The smallest absolute Gasteiger partial charge is 0.224 e. The molecule has 1 aromatic heterocycles. The minimum Gasteiger partial charge on any atom is -0.361 e. The average molecular weight is 285 g/mol. The van der Waals surface area contributed by atoms with Gasteiger partial charge in [0.2, 0.25) is 5.91 Å². The second kappa shape index (κ2) is 5.53. The number of aromatic nitrogens is 1. The number of rotatable bonds is 4. The fraction of sp³-hybridized carbons (Fsp3) is 0.471. The van der Waals surface area contributed by atoms with E-state index in [1.54, 1.807) is 0 Å². The molecule has 0 saturated carbocycles. The Morgan fingerprint density at radius 2 is 2.14 bits per heavy atom. The monoisotopic (exact) mass is 285 g/mol. The second-order valence-corrected chi connectivity index (χ2v) is 6.37. The van der Waals surface area contributed by atoms with Crippen molar-refractivity contribution in [1.29, 1.82) is 0 Å². The van der Waals surface area contributed by atoms with Crippen LogP contribution in [0.25, 0.3) is 10.9 Å². The zero-order valence-corrected chi connectivity index (χ0v) is 12.7. The number of carbonyl (C=O) groups excluding carboxylic acids is 1.